The zero-order valence-electron chi connectivity index (χ0n) is 10.2. The minimum absolute atomic E-state index is 0.743. The second kappa shape index (κ2) is 7.19. The maximum Gasteiger partial charge on any atom is 0.0591 e. The van der Waals surface area contributed by atoms with Crippen molar-refractivity contribution in [2.24, 2.45) is 7.05 Å². The third-order valence-electron chi connectivity index (χ3n) is 2.54. The van der Waals surface area contributed by atoms with E-state index in [-0.39, 0.29) is 0 Å². The van der Waals surface area contributed by atoms with E-state index < -0.39 is 0 Å². The summed E-state index contributed by atoms with van der Waals surface area (Å²) in [5.74, 6) is 0. The van der Waals surface area contributed by atoms with Gasteiger partial charge in [0.25, 0.3) is 0 Å². The first-order chi connectivity index (χ1) is 7.75. The van der Waals surface area contributed by atoms with Gasteiger partial charge in [0.2, 0.25) is 0 Å². The Balaban J connectivity index is 2.07. The average molecular weight is 223 g/mol. The van der Waals surface area contributed by atoms with Crippen LogP contribution >= 0.6 is 0 Å². The summed E-state index contributed by atoms with van der Waals surface area (Å²) < 4.78 is 7.28. The van der Waals surface area contributed by atoms with Crippen LogP contribution in [0, 0.1) is 6.92 Å². The first-order valence-electron chi connectivity index (χ1n) is 5.62. The van der Waals surface area contributed by atoms with Crippen LogP contribution < -0.4 is 5.32 Å². The van der Waals surface area contributed by atoms with Crippen LogP contribution in [0.1, 0.15) is 17.7 Å². The monoisotopic (exact) mass is 223 g/mol. The molecule has 0 radical (unpaired) electrons. The van der Waals surface area contributed by atoms with Gasteiger partial charge in [0, 0.05) is 31.4 Å². The van der Waals surface area contributed by atoms with Crippen molar-refractivity contribution >= 4 is 0 Å². The van der Waals surface area contributed by atoms with E-state index in [1.807, 2.05) is 24.0 Å². The van der Waals surface area contributed by atoms with E-state index in [1.54, 1.807) is 0 Å². The highest BCUT2D eigenvalue weighted by atomic mass is 16.5. The molecule has 0 aliphatic heterocycles. The molecule has 0 unspecified atom stereocenters. The lowest BCUT2D eigenvalue weighted by Gasteiger charge is -2.05. The second-order valence-corrected chi connectivity index (χ2v) is 3.75. The third-order valence-corrected chi connectivity index (χ3v) is 2.54. The molecule has 0 fully saturated rings. The molecule has 1 N–H and O–H groups in total. The van der Waals surface area contributed by atoms with Gasteiger partial charge in [0.05, 0.1) is 19.4 Å². The summed E-state index contributed by atoms with van der Waals surface area (Å²) in [5, 5.41) is 7.52. The number of aryl methyl sites for hydroxylation is 1. The quantitative estimate of drug-likeness (QED) is 0.535. The Labute approximate surface area is 97.3 Å². The molecule has 0 aliphatic carbocycles. The SMILES string of the molecule is C=CCCOCCNCc1cnn(C)c1C. The minimum Gasteiger partial charge on any atom is -0.380 e. The standard InChI is InChI=1S/C12H21N3O/c1-4-5-7-16-8-6-13-9-12-10-14-15(3)11(12)2/h4,10,13H,1,5-9H2,2-3H3. The molecule has 1 heterocycles. The highest BCUT2D eigenvalue weighted by Gasteiger charge is 2.01. The molecule has 1 rings (SSSR count). The maximum absolute atomic E-state index is 5.39. The summed E-state index contributed by atoms with van der Waals surface area (Å²) in [5.41, 5.74) is 2.45. The summed E-state index contributed by atoms with van der Waals surface area (Å²) >= 11 is 0. The number of nitrogens with one attached hydrogen (secondary N) is 1. The Morgan fingerprint density at radius 1 is 1.56 bits per heavy atom. The van der Waals surface area contributed by atoms with Gasteiger partial charge in [-0.3, -0.25) is 4.68 Å². The van der Waals surface area contributed by atoms with E-state index >= 15 is 0 Å². The average Bonchev–Trinajstić information content (AvgIpc) is 2.59. The summed E-state index contributed by atoms with van der Waals surface area (Å²) in [6.45, 7) is 8.94. The number of hydrogen-bond acceptors (Lipinski definition) is 3. The fourth-order valence-corrected chi connectivity index (χ4v) is 1.35. The van der Waals surface area contributed by atoms with Gasteiger partial charge >= 0.3 is 0 Å². The van der Waals surface area contributed by atoms with E-state index in [4.69, 9.17) is 4.74 Å². The van der Waals surface area contributed by atoms with Crippen LogP contribution in [0.3, 0.4) is 0 Å². The lowest BCUT2D eigenvalue weighted by molar-refractivity contribution is 0.140. The van der Waals surface area contributed by atoms with E-state index in [2.05, 4.69) is 23.9 Å². The Morgan fingerprint density at radius 3 is 3.00 bits per heavy atom. The molecular weight excluding hydrogens is 202 g/mol. The number of aromatic nitrogens is 2. The first-order valence-corrected chi connectivity index (χ1v) is 5.62. The van der Waals surface area contributed by atoms with Crippen LogP contribution in [0.4, 0.5) is 0 Å². The Morgan fingerprint density at radius 2 is 2.38 bits per heavy atom. The predicted octanol–water partition coefficient (Wildman–Crippen LogP) is 1.41. The first kappa shape index (κ1) is 12.9. The predicted molar refractivity (Wildman–Crippen MR) is 65.3 cm³/mol. The van der Waals surface area contributed by atoms with Crippen molar-refractivity contribution in [3.8, 4) is 0 Å². The van der Waals surface area contributed by atoms with Crippen LogP contribution in [0.25, 0.3) is 0 Å². The molecule has 4 nitrogen and oxygen atoms in total. The molecule has 90 valence electrons. The second-order valence-electron chi connectivity index (χ2n) is 3.75. The molecule has 16 heavy (non-hydrogen) atoms. The zero-order valence-corrected chi connectivity index (χ0v) is 10.2. The summed E-state index contributed by atoms with van der Waals surface area (Å²) in [7, 11) is 1.96. The maximum atomic E-state index is 5.39. The van der Waals surface area contributed by atoms with Crippen LogP contribution in [-0.4, -0.2) is 29.5 Å². The van der Waals surface area contributed by atoms with Crippen LogP contribution in [0.15, 0.2) is 18.9 Å². The normalized spacial score (nSPS) is 10.6. The van der Waals surface area contributed by atoms with Crippen LogP contribution in [0.5, 0.6) is 0 Å². The third kappa shape index (κ3) is 4.16. The number of ether oxygens (including phenoxy) is 1. The Bertz CT molecular complexity index is 320. The van der Waals surface area contributed by atoms with Gasteiger partial charge in [-0.05, 0) is 13.3 Å². The van der Waals surface area contributed by atoms with Gasteiger partial charge in [0.1, 0.15) is 0 Å². The van der Waals surface area contributed by atoms with Gasteiger partial charge in [-0.15, -0.1) is 6.58 Å². The van der Waals surface area contributed by atoms with Gasteiger partial charge in [0.15, 0.2) is 0 Å². The largest absolute Gasteiger partial charge is 0.380 e. The fraction of sp³-hybridized carbons (Fsp3) is 0.583. The molecule has 0 aliphatic rings. The van der Waals surface area contributed by atoms with Gasteiger partial charge in [-0.2, -0.15) is 5.10 Å². The summed E-state index contributed by atoms with van der Waals surface area (Å²) in [6, 6.07) is 0. The van der Waals surface area contributed by atoms with Gasteiger partial charge in [-0.25, -0.2) is 0 Å². The molecule has 0 bridgehead atoms. The number of nitrogens with zero attached hydrogens (tertiary/aromatic N) is 2. The van der Waals surface area contributed by atoms with Crippen molar-refractivity contribution < 1.29 is 4.74 Å². The smallest absolute Gasteiger partial charge is 0.0591 e. The molecule has 0 amide bonds. The van der Waals surface area contributed by atoms with E-state index in [0.29, 0.717) is 0 Å². The highest BCUT2D eigenvalue weighted by molar-refractivity contribution is 5.15. The van der Waals surface area contributed by atoms with Gasteiger partial charge in [-0.1, -0.05) is 6.08 Å². The zero-order chi connectivity index (χ0) is 11.8. The van der Waals surface area contributed by atoms with E-state index in [1.165, 1.54) is 11.3 Å². The lowest BCUT2D eigenvalue weighted by atomic mass is 10.2. The van der Waals surface area contributed by atoms with Gasteiger partial charge < -0.3 is 10.1 Å². The molecule has 4 heteroatoms. The van der Waals surface area contributed by atoms with Crippen molar-refractivity contribution in [3.05, 3.63) is 30.1 Å². The highest BCUT2D eigenvalue weighted by Crippen LogP contribution is 2.04. The van der Waals surface area contributed by atoms with Crippen LogP contribution in [-0.2, 0) is 18.3 Å². The molecule has 0 atom stereocenters. The molecule has 0 saturated carbocycles. The Kier molecular flexibility index (Phi) is 5.82. The summed E-state index contributed by atoms with van der Waals surface area (Å²) in [6.07, 6.45) is 4.69. The topological polar surface area (TPSA) is 39.1 Å². The molecule has 1 aromatic rings. The van der Waals surface area contributed by atoms with E-state index in [0.717, 1.165) is 32.7 Å². The molecule has 1 aromatic heterocycles. The minimum atomic E-state index is 0.743. The molecular formula is C12H21N3O. The molecule has 0 spiro atoms. The van der Waals surface area contributed by atoms with Crippen LogP contribution in [0.2, 0.25) is 0 Å². The summed E-state index contributed by atoms with van der Waals surface area (Å²) in [4.78, 5) is 0. The number of hydrogen-bond donors (Lipinski definition) is 1. The fourth-order valence-electron chi connectivity index (χ4n) is 1.35. The number of rotatable bonds is 8. The van der Waals surface area contributed by atoms with Crippen molar-refractivity contribution in [1.82, 2.24) is 15.1 Å². The molecule has 0 saturated heterocycles. The van der Waals surface area contributed by atoms with Crippen molar-refractivity contribution in [3.63, 3.8) is 0 Å². The van der Waals surface area contributed by atoms with Crippen molar-refractivity contribution in [2.75, 3.05) is 19.8 Å². The van der Waals surface area contributed by atoms with Crippen molar-refractivity contribution in [2.45, 2.75) is 19.9 Å². The van der Waals surface area contributed by atoms with E-state index in [9.17, 15) is 0 Å². The molecule has 0 aromatic carbocycles. The van der Waals surface area contributed by atoms with Crippen molar-refractivity contribution in [1.29, 1.82) is 0 Å². The Hall–Kier alpha value is -1.13. The lowest BCUT2D eigenvalue weighted by Crippen LogP contribution is -2.19.